The number of carbonyl (C=O) groups excluding carboxylic acids is 2. The SMILES string of the molecule is COc1ccc(C(=O)NC(C)C(=O)NCc2cscn2)cc1. The zero-order chi connectivity index (χ0) is 15.9. The van der Waals surface area contributed by atoms with Gasteiger partial charge >= 0.3 is 0 Å². The highest BCUT2D eigenvalue weighted by Gasteiger charge is 2.16. The topological polar surface area (TPSA) is 80.3 Å². The summed E-state index contributed by atoms with van der Waals surface area (Å²) < 4.78 is 5.03. The van der Waals surface area contributed by atoms with Gasteiger partial charge < -0.3 is 15.4 Å². The van der Waals surface area contributed by atoms with Crippen molar-refractivity contribution < 1.29 is 14.3 Å². The summed E-state index contributed by atoms with van der Waals surface area (Å²) in [5.41, 5.74) is 2.98. The predicted octanol–water partition coefficient (Wildman–Crippen LogP) is 1.59. The van der Waals surface area contributed by atoms with Crippen LogP contribution in [0.4, 0.5) is 0 Å². The van der Waals surface area contributed by atoms with Crippen LogP contribution in [0, 0.1) is 0 Å². The third kappa shape index (κ3) is 4.29. The van der Waals surface area contributed by atoms with Crippen molar-refractivity contribution >= 4 is 23.2 Å². The van der Waals surface area contributed by atoms with Crippen molar-refractivity contribution in [2.24, 2.45) is 0 Å². The van der Waals surface area contributed by atoms with E-state index in [0.717, 1.165) is 5.69 Å². The molecule has 1 atom stereocenters. The van der Waals surface area contributed by atoms with Crippen LogP contribution in [-0.2, 0) is 11.3 Å². The number of benzene rings is 1. The van der Waals surface area contributed by atoms with E-state index in [1.807, 2.05) is 5.38 Å². The van der Waals surface area contributed by atoms with Crippen molar-refractivity contribution in [2.45, 2.75) is 19.5 Å². The standard InChI is InChI=1S/C15H17N3O3S/c1-10(14(19)16-7-12-8-22-9-17-12)18-15(20)11-3-5-13(21-2)6-4-11/h3-6,8-10H,7H2,1-2H3,(H,16,19)(H,18,20). The Balaban J connectivity index is 1.85. The van der Waals surface area contributed by atoms with Gasteiger partial charge in [0.05, 0.1) is 24.9 Å². The number of ether oxygens (including phenoxy) is 1. The van der Waals surface area contributed by atoms with E-state index in [4.69, 9.17) is 4.74 Å². The molecule has 0 aliphatic heterocycles. The van der Waals surface area contributed by atoms with Gasteiger partial charge in [-0.05, 0) is 31.2 Å². The zero-order valence-corrected chi connectivity index (χ0v) is 13.1. The van der Waals surface area contributed by atoms with Crippen molar-refractivity contribution in [2.75, 3.05) is 7.11 Å². The molecule has 116 valence electrons. The molecule has 1 aromatic carbocycles. The number of nitrogens with zero attached hydrogens (tertiary/aromatic N) is 1. The summed E-state index contributed by atoms with van der Waals surface area (Å²) in [5.74, 6) is 0.111. The van der Waals surface area contributed by atoms with E-state index in [1.54, 1.807) is 43.8 Å². The summed E-state index contributed by atoms with van der Waals surface area (Å²) in [5, 5.41) is 7.25. The Morgan fingerprint density at radius 3 is 2.64 bits per heavy atom. The first-order chi connectivity index (χ1) is 10.6. The van der Waals surface area contributed by atoms with E-state index < -0.39 is 6.04 Å². The lowest BCUT2D eigenvalue weighted by Gasteiger charge is -2.14. The fraction of sp³-hybridized carbons (Fsp3) is 0.267. The highest BCUT2D eigenvalue weighted by molar-refractivity contribution is 7.07. The predicted molar refractivity (Wildman–Crippen MR) is 83.9 cm³/mol. The molecule has 0 fully saturated rings. The first kappa shape index (κ1) is 16.0. The van der Waals surface area contributed by atoms with Gasteiger partial charge in [0, 0.05) is 10.9 Å². The van der Waals surface area contributed by atoms with Gasteiger partial charge in [0.25, 0.3) is 5.91 Å². The molecule has 22 heavy (non-hydrogen) atoms. The van der Waals surface area contributed by atoms with Crippen LogP contribution in [0.25, 0.3) is 0 Å². The summed E-state index contributed by atoms with van der Waals surface area (Å²) in [6.07, 6.45) is 0. The van der Waals surface area contributed by atoms with Gasteiger partial charge in [0.2, 0.25) is 5.91 Å². The molecule has 0 aliphatic carbocycles. The lowest BCUT2D eigenvalue weighted by molar-refractivity contribution is -0.122. The summed E-state index contributed by atoms with van der Waals surface area (Å²) in [4.78, 5) is 28.1. The normalized spacial score (nSPS) is 11.5. The number of thiazole rings is 1. The van der Waals surface area contributed by atoms with E-state index in [-0.39, 0.29) is 11.8 Å². The van der Waals surface area contributed by atoms with Gasteiger partial charge in [-0.15, -0.1) is 11.3 Å². The second-order valence-electron chi connectivity index (χ2n) is 4.62. The maximum absolute atomic E-state index is 12.0. The minimum atomic E-state index is -0.631. The third-order valence-electron chi connectivity index (χ3n) is 3.02. The van der Waals surface area contributed by atoms with E-state index >= 15 is 0 Å². The monoisotopic (exact) mass is 319 g/mol. The first-order valence-electron chi connectivity index (χ1n) is 6.70. The minimum Gasteiger partial charge on any atom is -0.497 e. The number of carbonyl (C=O) groups is 2. The molecular weight excluding hydrogens is 302 g/mol. The number of nitrogens with one attached hydrogen (secondary N) is 2. The van der Waals surface area contributed by atoms with E-state index in [1.165, 1.54) is 11.3 Å². The molecule has 0 aliphatic rings. The van der Waals surface area contributed by atoms with Crippen LogP contribution in [0.1, 0.15) is 23.0 Å². The van der Waals surface area contributed by atoms with E-state index in [2.05, 4.69) is 15.6 Å². The first-order valence-corrected chi connectivity index (χ1v) is 7.64. The molecule has 2 rings (SSSR count). The maximum atomic E-state index is 12.0. The largest absolute Gasteiger partial charge is 0.497 e. The van der Waals surface area contributed by atoms with Crippen molar-refractivity contribution in [3.05, 3.63) is 46.4 Å². The van der Waals surface area contributed by atoms with Crippen molar-refractivity contribution in [1.82, 2.24) is 15.6 Å². The highest BCUT2D eigenvalue weighted by Crippen LogP contribution is 2.11. The van der Waals surface area contributed by atoms with Crippen molar-refractivity contribution in [3.8, 4) is 5.75 Å². The van der Waals surface area contributed by atoms with E-state index in [9.17, 15) is 9.59 Å². The minimum absolute atomic E-state index is 0.255. The molecule has 2 N–H and O–H groups in total. The quantitative estimate of drug-likeness (QED) is 0.847. The van der Waals surface area contributed by atoms with Crippen LogP contribution in [0.3, 0.4) is 0 Å². The molecule has 0 bridgehead atoms. The zero-order valence-electron chi connectivity index (χ0n) is 12.3. The highest BCUT2D eigenvalue weighted by atomic mass is 32.1. The average Bonchev–Trinajstić information content (AvgIpc) is 3.06. The molecule has 0 radical (unpaired) electrons. The lowest BCUT2D eigenvalue weighted by Crippen LogP contribution is -2.44. The van der Waals surface area contributed by atoms with Crippen LogP contribution in [-0.4, -0.2) is 29.9 Å². The van der Waals surface area contributed by atoms with Gasteiger partial charge in [0.15, 0.2) is 0 Å². The number of rotatable bonds is 6. The van der Waals surface area contributed by atoms with Crippen LogP contribution >= 0.6 is 11.3 Å². The van der Waals surface area contributed by atoms with Gasteiger partial charge in [-0.25, -0.2) is 4.98 Å². The third-order valence-corrected chi connectivity index (χ3v) is 3.66. The Bertz CT molecular complexity index is 626. The Morgan fingerprint density at radius 1 is 1.32 bits per heavy atom. The number of methoxy groups -OCH3 is 1. The number of hydrogen-bond acceptors (Lipinski definition) is 5. The number of aromatic nitrogens is 1. The number of amides is 2. The van der Waals surface area contributed by atoms with Gasteiger partial charge in [0.1, 0.15) is 11.8 Å². The summed E-state index contributed by atoms with van der Waals surface area (Å²) in [6.45, 7) is 1.99. The molecule has 6 nitrogen and oxygen atoms in total. The molecule has 2 amide bonds. The molecule has 7 heteroatoms. The maximum Gasteiger partial charge on any atom is 0.251 e. The molecule has 0 spiro atoms. The summed E-state index contributed by atoms with van der Waals surface area (Å²) in [7, 11) is 1.56. The fourth-order valence-electron chi connectivity index (χ4n) is 1.74. The smallest absolute Gasteiger partial charge is 0.251 e. The van der Waals surface area contributed by atoms with Crippen molar-refractivity contribution in [3.63, 3.8) is 0 Å². The molecule has 2 aromatic rings. The van der Waals surface area contributed by atoms with Gasteiger partial charge in [-0.3, -0.25) is 9.59 Å². The van der Waals surface area contributed by atoms with Crippen LogP contribution in [0.15, 0.2) is 35.2 Å². The molecular formula is C15H17N3O3S. The lowest BCUT2D eigenvalue weighted by atomic mass is 10.2. The number of hydrogen-bond donors (Lipinski definition) is 2. The average molecular weight is 319 g/mol. The molecule has 1 unspecified atom stereocenters. The Kier molecular flexibility index (Phi) is 5.48. The van der Waals surface area contributed by atoms with Gasteiger partial charge in [-0.1, -0.05) is 0 Å². The van der Waals surface area contributed by atoms with E-state index in [0.29, 0.717) is 17.9 Å². The molecule has 0 saturated heterocycles. The van der Waals surface area contributed by atoms with Crippen LogP contribution in [0.5, 0.6) is 5.75 Å². The van der Waals surface area contributed by atoms with Crippen LogP contribution < -0.4 is 15.4 Å². The molecule has 1 heterocycles. The van der Waals surface area contributed by atoms with Crippen LogP contribution in [0.2, 0.25) is 0 Å². The van der Waals surface area contributed by atoms with Crippen molar-refractivity contribution in [1.29, 1.82) is 0 Å². The Labute approximate surface area is 132 Å². The second-order valence-corrected chi connectivity index (χ2v) is 5.34. The Morgan fingerprint density at radius 2 is 2.05 bits per heavy atom. The van der Waals surface area contributed by atoms with Gasteiger partial charge in [-0.2, -0.15) is 0 Å². The molecule has 0 saturated carbocycles. The summed E-state index contributed by atoms with van der Waals surface area (Å²) >= 11 is 1.47. The fourth-order valence-corrected chi connectivity index (χ4v) is 2.30. The Hall–Kier alpha value is -2.41. The summed E-state index contributed by atoms with van der Waals surface area (Å²) in [6, 6.07) is 6.06. The second kappa shape index (κ2) is 7.56. The molecule has 1 aromatic heterocycles.